The number of nitrogens with zero attached hydrogens (tertiary/aromatic N) is 1. The number of benzene rings is 1. The molecule has 0 spiro atoms. The fraction of sp³-hybridized carbons (Fsp3) is 0. The molecule has 98 valence electrons. The van der Waals surface area contributed by atoms with Gasteiger partial charge in [-0.1, -0.05) is 18.2 Å². The van der Waals surface area contributed by atoms with Gasteiger partial charge in [-0.05, 0) is 18.2 Å². The van der Waals surface area contributed by atoms with E-state index in [1.807, 2.05) is 24.3 Å². The number of H-pyrrole nitrogens is 1. The van der Waals surface area contributed by atoms with Crippen LogP contribution in [0.4, 0.5) is 0 Å². The van der Waals surface area contributed by atoms with Crippen molar-refractivity contribution in [3.8, 4) is 0 Å². The van der Waals surface area contributed by atoms with E-state index in [0.717, 1.165) is 10.9 Å². The molecule has 5 nitrogen and oxygen atoms in total. The molecule has 0 saturated heterocycles. The lowest BCUT2D eigenvalue weighted by Gasteiger charge is -2.02. The Labute approximate surface area is 113 Å². The zero-order chi connectivity index (χ0) is 14.1. The molecule has 0 unspecified atom stereocenters. The summed E-state index contributed by atoms with van der Waals surface area (Å²) in [5, 5.41) is 10.0. The van der Waals surface area contributed by atoms with Crippen LogP contribution in [0, 0.1) is 0 Å². The van der Waals surface area contributed by atoms with Crippen LogP contribution in [0.5, 0.6) is 0 Å². The summed E-state index contributed by atoms with van der Waals surface area (Å²) in [5.41, 5.74) is 1.22. The van der Waals surface area contributed by atoms with Crippen molar-refractivity contribution in [2.24, 2.45) is 0 Å². The Hall–Kier alpha value is -2.95. The standard InChI is InChI=1S/C15H10N2O3/c18-14(10-5-6-16-8-11(10)15(19)20)13-7-9-3-1-2-4-12(9)17-13/h1-8,17H,(H,19,20). The van der Waals surface area contributed by atoms with Gasteiger partial charge in [0.2, 0.25) is 5.78 Å². The van der Waals surface area contributed by atoms with Gasteiger partial charge in [-0.25, -0.2) is 4.79 Å². The van der Waals surface area contributed by atoms with Gasteiger partial charge >= 0.3 is 5.97 Å². The van der Waals surface area contributed by atoms with Gasteiger partial charge in [0.1, 0.15) is 0 Å². The molecule has 0 bridgehead atoms. The van der Waals surface area contributed by atoms with E-state index < -0.39 is 5.97 Å². The number of carboxylic acids is 1. The number of aromatic amines is 1. The fourth-order valence-electron chi connectivity index (χ4n) is 2.10. The summed E-state index contributed by atoms with van der Waals surface area (Å²) in [6.07, 6.45) is 2.58. The molecule has 0 fully saturated rings. The number of hydrogen-bond acceptors (Lipinski definition) is 3. The minimum Gasteiger partial charge on any atom is -0.478 e. The van der Waals surface area contributed by atoms with E-state index in [4.69, 9.17) is 5.11 Å². The number of nitrogens with one attached hydrogen (secondary N) is 1. The predicted molar refractivity (Wildman–Crippen MR) is 72.9 cm³/mol. The zero-order valence-electron chi connectivity index (χ0n) is 10.3. The van der Waals surface area contributed by atoms with E-state index in [2.05, 4.69) is 9.97 Å². The van der Waals surface area contributed by atoms with Gasteiger partial charge in [-0.3, -0.25) is 9.78 Å². The van der Waals surface area contributed by atoms with E-state index in [1.54, 1.807) is 6.07 Å². The third-order valence-corrected chi connectivity index (χ3v) is 3.07. The first-order chi connectivity index (χ1) is 9.66. The van der Waals surface area contributed by atoms with Crippen molar-refractivity contribution in [2.45, 2.75) is 0 Å². The maximum absolute atomic E-state index is 12.4. The van der Waals surface area contributed by atoms with Gasteiger partial charge in [0.15, 0.2) is 0 Å². The number of para-hydroxylation sites is 1. The molecule has 0 aliphatic rings. The number of aromatic nitrogens is 2. The van der Waals surface area contributed by atoms with Crippen molar-refractivity contribution in [3.63, 3.8) is 0 Å². The van der Waals surface area contributed by atoms with Gasteiger partial charge in [0.05, 0.1) is 11.3 Å². The first-order valence-corrected chi connectivity index (χ1v) is 5.96. The van der Waals surface area contributed by atoms with E-state index >= 15 is 0 Å². The second-order valence-corrected chi connectivity index (χ2v) is 4.33. The predicted octanol–water partition coefficient (Wildman–Crippen LogP) is 2.49. The van der Waals surface area contributed by atoms with Crippen LogP contribution in [-0.2, 0) is 0 Å². The highest BCUT2D eigenvalue weighted by molar-refractivity contribution is 6.14. The average molecular weight is 266 g/mol. The molecule has 0 aliphatic heterocycles. The number of aromatic carboxylic acids is 1. The van der Waals surface area contributed by atoms with Crippen LogP contribution in [0.15, 0.2) is 48.8 Å². The molecular weight excluding hydrogens is 256 g/mol. The van der Waals surface area contributed by atoms with Crippen LogP contribution >= 0.6 is 0 Å². The summed E-state index contributed by atoms with van der Waals surface area (Å²) < 4.78 is 0. The summed E-state index contributed by atoms with van der Waals surface area (Å²) in [6, 6.07) is 10.6. The number of pyridine rings is 1. The van der Waals surface area contributed by atoms with Crippen LogP contribution in [0.1, 0.15) is 26.4 Å². The Morgan fingerprint density at radius 2 is 1.90 bits per heavy atom. The number of carbonyl (C=O) groups is 2. The largest absolute Gasteiger partial charge is 0.478 e. The van der Waals surface area contributed by atoms with Crippen molar-refractivity contribution in [1.29, 1.82) is 0 Å². The zero-order valence-corrected chi connectivity index (χ0v) is 10.3. The topological polar surface area (TPSA) is 83.0 Å². The third kappa shape index (κ3) is 1.95. The highest BCUT2D eigenvalue weighted by atomic mass is 16.4. The van der Waals surface area contributed by atoms with E-state index in [1.165, 1.54) is 18.5 Å². The maximum Gasteiger partial charge on any atom is 0.338 e. The highest BCUT2D eigenvalue weighted by Gasteiger charge is 2.19. The van der Waals surface area contributed by atoms with Gasteiger partial charge in [0, 0.05) is 28.9 Å². The molecule has 0 radical (unpaired) electrons. The van der Waals surface area contributed by atoms with Crippen LogP contribution in [0.2, 0.25) is 0 Å². The summed E-state index contributed by atoms with van der Waals surface area (Å²) in [5.74, 6) is -1.53. The molecule has 0 amide bonds. The quantitative estimate of drug-likeness (QED) is 0.713. The molecule has 3 aromatic rings. The van der Waals surface area contributed by atoms with Gasteiger partial charge < -0.3 is 10.1 Å². The van der Waals surface area contributed by atoms with Crippen molar-refractivity contribution in [2.75, 3.05) is 0 Å². The van der Waals surface area contributed by atoms with Gasteiger partial charge in [0.25, 0.3) is 0 Å². The van der Waals surface area contributed by atoms with Crippen molar-refractivity contribution < 1.29 is 14.7 Å². The van der Waals surface area contributed by atoms with E-state index in [-0.39, 0.29) is 16.9 Å². The minimum atomic E-state index is -1.17. The Morgan fingerprint density at radius 1 is 1.10 bits per heavy atom. The van der Waals surface area contributed by atoms with Crippen LogP contribution < -0.4 is 0 Å². The molecule has 5 heteroatoms. The fourth-order valence-corrected chi connectivity index (χ4v) is 2.10. The Balaban J connectivity index is 2.11. The lowest BCUT2D eigenvalue weighted by molar-refractivity contribution is 0.0692. The lowest BCUT2D eigenvalue weighted by Crippen LogP contribution is -2.10. The van der Waals surface area contributed by atoms with Crippen molar-refractivity contribution in [3.05, 3.63) is 65.6 Å². The highest BCUT2D eigenvalue weighted by Crippen LogP contribution is 2.19. The molecule has 1 aromatic carbocycles. The summed E-state index contributed by atoms with van der Waals surface area (Å²) in [6.45, 7) is 0. The molecule has 0 aliphatic carbocycles. The first kappa shape index (κ1) is 12.1. The molecular formula is C15H10N2O3. The summed E-state index contributed by atoms with van der Waals surface area (Å²) >= 11 is 0. The Kier molecular flexibility index (Phi) is 2.80. The molecule has 3 rings (SSSR count). The number of carboxylic acid groups (broad SMARTS) is 1. The second kappa shape index (κ2) is 4.62. The van der Waals surface area contributed by atoms with Crippen LogP contribution in [0.25, 0.3) is 10.9 Å². The summed E-state index contributed by atoms with van der Waals surface area (Å²) in [4.78, 5) is 30.3. The smallest absolute Gasteiger partial charge is 0.338 e. The maximum atomic E-state index is 12.4. The molecule has 2 aromatic heterocycles. The number of ketones is 1. The summed E-state index contributed by atoms with van der Waals surface area (Å²) in [7, 11) is 0. The number of rotatable bonds is 3. The molecule has 2 heterocycles. The van der Waals surface area contributed by atoms with Crippen LogP contribution in [-0.4, -0.2) is 26.8 Å². The molecule has 2 N–H and O–H groups in total. The third-order valence-electron chi connectivity index (χ3n) is 3.07. The van der Waals surface area contributed by atoms with Crippen molar-refractivity contribution >= 4 is 22.7 Å². The molecule has 0 atom stereocenters. The SMILES string of the molecule is O=C(O)c1cnccc1C(=O)c1cc2ccccc2[nH]1. The lowest BCUT2D eigenvalue weighted by atomic mass is 10.0. The molecule has 0 saturated carbocycles. The number of carbonyl (C=O) groups excluding carboxylic acids is 1. The number of fused-ring (bicyclic) bond motifs is 1. The van der Waals surface area contributed by atoms with Gasteiger partial charge in [-0.2, -0.15) is 0 Å². The Morgan fingerprint density at radius 3 is 2.65 bits per heavy atom. The first-order valence-electron chi connectivity index (χ1n) is 5.96. The number of hydrogen-bond donors (Lipinski definition) is 2. The average Bonchev–Trinajstić information content (AvgIpc) is 2.90. The van der Waals surface area contributed by atoms with E-state index in [9.17, 15) is 9.59 Å². The van der Waals surface area contributed by atoms with E-state index in [0.29, 0.717) is 5.69 Å². The monoisotopic (exact) mass is 266 g/mol. The molecule has 20 heavy (non-hydrogen) atoms. The van der Waals surface area contributed by atoms with Gasteiger partial charge in [-0.15, -0.1) is 0 Å². The second-order valence-electron chi connectivity index (χ2n) is 4.33. The normalized spacial score (nSPS) is 10.6. The van der Waals surface area contributed by atoms with Crippen LogP contribution in [0.3, 0.4) is 0 Å². The van der Waals surface area contributed by atoms with Crippen molar-refractivity contribution in [1.82, 2.24) is 9.97 Å². The Bertz CT molecular complexity index is 788. The minimum absolute atomic E-state index is 0.101.